The third-order valence-corrected chi connectivity index (χ3v) is 7.54. The Kier molecular flexibility index (Phi) is 7.46. The average molecular weight is 478 g/mol. The average Bonchev–Trinajstić information content (AvgIpc) is 3.26. The molecule has 0 bridgehead atoms. The van der Waals surface area contributed by atoms with Gasteiger partial charge >= 0.3 is 6.18 Å². The second-order valence-electron chi connectivity index (χ2n) is 7.68. The number of nitrogens with zero attached hydrogens (tertiary/aromatic N) is 2. The lowest BCUT2D eigenvalue weighted by Gasteiger charge is -2.28. The van der Waals surface area contributed by atoms with Crippen LogP contribution in [0.25, 0.3) is 0 Å². The predicted octanol–water partition coefficient (Wildman–Crippen LogP) is 1.55. The SMILES string of the molecule is CCc1ccc(C(=O)N2CCCC2C(=O)NCC(F)(F)F)cc1S(=O)(=O)N1CCOCC1. The molecule has 0 aromatic heterocycles. The molecule has 0 saturated carbocycles. The van der Waals surface area contributed by atoms with E-state index < -0.39 is 40.6 Å². The molecule has 0 aliphatic carbocycles. The van der Waals surface area contributed by atoms with Crippen LogP contribution in [0.15, 0.2) is 23.1 Å². The molecule has 2 aliphatic rings. The van der Waals surface area contributed by atoms with E-state index in [1.807, 2.05) is 5.32 Å². The molecule has 2 amide bonds. The summed E-state index contributed by atoms with van der Waals surface area (Å²) in [5, 5.41) is 1.83. The normalized spacial score (nSPS) is 20.4. The first kappa shape index (κ1) is 24.5. The highest BCUT2D eigenvalue weighted by Gasteiger charge is 2.37. The standard InChI is InChI=1S/C20H26F3N3O5S/c1-2-14-5-6-15(12-17(14)32(29,30)25-8-10-31-11-9-25)19(28)26-7-3-4-16(26)18(27)24-13-20(21,22)23/h5-6,12,16H,2-4,7-11,13H2,1H3,(H,24,27). The van der Waals surface area contributed by atoms with E-state index in [-0.39, 0.29) is 49.7 Å². The van der Waals surface area contributed by atoms with Gasteiger partial charge in [0.2, 0.25) is 15.9 Å². The third-order valence-electron chi connectivity index (χ3n) is 5.56. The summed E-state index contributed by atoms with van der Waals surface area (Å²) < 4.78 is 70.2. The van der Waals surface area contributed by atoms with Crippen LogP contribution in [0.5, 0.6) is 0 Å². The van der Waals surface area contributed by atoms with E-state index in [0.29, 0.717) is 18.4 Å². The molecular weight excluding hydrogens is 451 g/mol. The lowest BCUT2D eigenvalue weighted by Crippen LogP contribution is -2.48. The Morgan fingerprint density at radius 1 is 1.19 bits per heavy atom. The Labute approximate surface area is 184 Å². The van der Waals surface area contributed by atoms with E-state index in [0.717, 1.165) is 0 Å². The molecule has 0 spiro atoms. The molecule has 2 aliphatic heterocycles. The number of likely N-dealkylation sites (tertiary alicyclic amines) is 1. The van der Waals surface area contributed by atoms with Crippen LogP contribution in [0.3, 0.4) is 0 Å². The van der Waals surface area contributed by atoms with Gasteiger partial charge in [0.1, 0.15) is 12.6 Å². The second kappa shape index (κ2) is 9.75. The van der Waals surface area contributed by atoms with E-state index in [4.69, 9.17) is 4.74 Å². The van der Waals surface area contributed by atoms with Gasteiger partial charge in [0.15, 0.2) is 0 Å². The number of benzene rings is 1. The quantitative estimate of drug-likeness (QED) is 0.671. The minimum Gasteiger partial charge on any atom is -0.379 e. The van der Waals surface area contributed by atoms with E-state index in [9.17, 15) is 31.2 Å². The molecule has 8 nitrogen and oxygen atoms in total. The molecule has 1 aromatic carbocycles. The van der Waals surface area contributed by atoms with Crippen molar-refractivity contribution in [3.8, 4) is 0 Å². The van der Waals surface area contributed by atoms with Crippen LogP contribution >= 0.6 is 0 Å². The zero-order chi connectivity index (χ0) is 23.5. The van der Waals surface area contributed by atoms with Crippen LogP contribution in [0.4, 0.5) is 13.2 Å². The summed E-state index contributed by atoms with van der Waals surface area (Å²) >= 11 is 0. The van der Waals surface area contributed by atoms with Crippen molar-refractivity contribution in [1.29, 1.82) is 0 Å². The molecule has 1 unspecified atom stereocenters. The van der Waals surface area contributed by atoms with Gasteiger partial charge in [-0.3, -0.25) is 9.59 Å². The molecule has 1 aromatic rings. The van der Waals surface area contributed by atoms with Crippen LogP contribution < -0.4 is 5.32 Å². The highest BCUT2D eigenvalue weighted by Crippen LogP contribution is 2.26. The highest BCUT2D eigenvalue weighted by molar-refractivity contribution is 7.89. The number of ether oxygens (including phenoxy) is 1. The number of rotatable bonds is 6. The largest absolute Gasteiger partial charge is 0.405 e. The van der Waals surface area contributed by atoms with Crippen molar-refractivity contribution in [2.45, 2.75) is 43.3 Å². The summed E-state index contributed by atoms with van der Waals surface area (Å²) in [7, 11) is -3.86. The number of alkyl halides is 3. The Morgan fingerprint density at radius 2 is 1.88 bits per heavy atom. The highest BCUT2D eigenvalue weighted by atomic mass is 32.2. The maximum Gasteiger partial charge on any atom is 0.405 e. The zero-order valence-corrected chi connectivity index (χ0v) is 18.5. The predicted molar refractivity (Wildman–Crippen MR) is 109 cm³/mol. The van der Waals surface area contributed by atoms with Crippen LogP contribution in [-0.4, -0.2) is 81.0 Å². The monoisotopic (exact) mass is 477 g/mol. The number of aryl methyl sites for hydroxylation is 1. The first-order valence-electron chi connectivity index (χ1n) is 10.4. The fourth-order valence-electron chi connectivity index (χ4n) is 3.90. The number of sulfonamides is 1. The van der Waals surface area contributed by atoms with Gasteiger partial charge < -0.3 is 15.0 Å². The van der Waals surface area contributed by atoms with Gasteiger partial charge in [-0.25, -0.2) is 8.42 Å². The molecule has 0 radical (unpaired) electrons. The van der Waals surface area contributed by atoms with Gasteiger partial charge in [0.05, 0.1) is 18.1 Å². The molecule has 1 N–H and O–H groups in total. The summed E-state index contributed by atoms with van der Waals surface area (Å²) in [4.78, 5) is 26.6. The van der Waals surface area contributed by atoms with E-state index >= 15 is 0 Å². The van der Waals surface area contributed by atoms with Gasteiger partial charge in [-0.2, -0.15) is 17.5 Å². The number of hydrogen-bond donors (Lipinski definition) is 1. The summed E-state index contributed by atoms with van der Waals surface area (Å²) in [6, 6.07) is 3.32. The number of halogens is 3. The molecule has 1 atom stereocenters. The maximum absolute atomic E-state index is 13.2. The molecule has 32 heavy (non-hydrogen) atoms. The van der Waals surface area contributed by atoms with Gasteiger partial charge in [-0.05, 0) is 37.0 Å². The van der Waals surface area contributed by atoms with Crippen LogP contribution in [0.2, 0.25) is 0 Å². The molecule has 3 rings (SSSR count). The smallest absolute Gasteiger partial charge is 0.379 e. The van der Waals surface area contributed by atoms with E-state index in [2.05, 4.69) is 0 Å². The van der Waals surface area contributed by atoms with Crippen LogP contribution in [0.1, 0.15) is 35.7 Å². The number of hydrogen-bond acceptors (Lipinski definition) is 5. The summed E-state index contributed by atoms with van der Waals surface area (Å²) in [6.45, 7) is 1.50. The molecule has 12 heteroatoms. The Morgan fingerprint density at radius 3 is 2.50 bits per heavy atom. The van der Waals surface area contributed by atoms with Gasteiger partial charge in [0, 0.05) is 25.2 Å². The third kappa shape index (κ3) is 5.41. The first-order chi connectivity index (χ1) is 15.0. The van der Waals surface area contributed by atoms with E-state index in [1.165, 1.54) is 21.3 Å². The van der Waals surface area contributed by atoms with E-state index in [1.54, 1.807) is 13.0 Å². The lowest BCUT2D eigenvalue weighted by atomic mass is 10.1. The van der Waals surface area contributed by atoms with Crippen molar-refractivity contribution >= 4 is 21.8 Å². The molecule has 2 fully saturated rings. The fourth-order valence-corrected chi connectivity index (χ4v) is 5.63. The Balaban J connectivity index is 1.85. The van der Waals surface area contributed by atoms with Gasteiger partial charge in [-0.15, -0.1) is 0 Å². The molecule has 2 saturated heterocycles. The van der Waals surface area contributed by atoms with Crippen molar-refractivity contribution < 1.29 is 35.9 Å². The van der Waals surface area contributed by atoms with Crippen molar-refractivity contribution in [3.05, 3.63) is 29.3 Å². The van der Waals surface area contributed by atoms with Gasteiger partial charge in [0.25, 0.3) is 5.91 Å². The van der Waals surface area contributed by atoms with Crippen molar-refractivity contribution in [1.82, 2.24) is 14.5 Å². The van der Waals surface area contributed by atoms with Crippen LogP contribution in [0, 0.1) is 0 Å². The molecule has 178 valence electrons. The number of nitrogens with one attached hydrogen (secondary N) is 1. The summed E-state index contributed by atoms with van der Waals surface area (Å²) in [5.74, 6) is -1.46. The number of carbonyl (C=O) groups excluding carboxylic acids is 2. The van der Waals surface area contributed by atoms with Crippen molar-refractivity contribution in [2.75, 3.05) is 39.4 Å². The van der Waals surface area contributed by atoms with Crippen molar-refractivity contribution in [3.63, 3.8) is 0 Å². The Bertz CT molecular complexity index is 962. The maximum atomic E-state index is 13.2. The second-order valence-corrected chi connectivity index (χ2v) is 9.59. The number of carbonyl (C=O) groups is 2. The molecule has 2 heterocycles. The van der Waals surface area contributed by atoms with Crippen LogP contribution in [-0.2, 0) is 26.0 Å². The molecular formula is C20H26F3N3O5S. The lowest BCUT2D eigenvalue weighted by molar-refractivity contribution is -0.140. The zero-order valence-electron chi connectivity index (χ0n) is 17.7. The fraction of sp³-hybridized carbons (Fsp3) is 0.600. The topological polar surface area (TPSA) is 96.0 Å². The minimum atomic E-state index is -4.55. The summed E-state index contributed by atoms with van der Waals surface area (Å²) in [6.07, 6.45) is -3.43. The van der Waals surface area contributed by atoms with Crippen molar-refractivity contribution in [2.24, 2.45) is 0 Å². The van der Waals surface area contributed by atoms with Gasteiger partial charge in [-0.1, -0.05) is 13.0 Å². The number of morpholine rings is 1. The number of amides is 2. The summed E-state index contributed by atoms with van der Waals surface area (Å²) in [5.41, 5.74) is 0.624. The Hall–Kier alpha value is -2.18. The first-order valence-corrected chi connectivity index (χ1v) is 11.8. The minimum absolute atomic E-state index is 0.0185.